The molecule has 1 amide bonds. The normalized spacial score (nSPS) is 12.3. The summed E-state index contributed by atoms with van der Waals surface area (Å²) in [5.74, 6) is -1.31. The lowest BCUT2D eigenvalue weighted by molar-refractivity contribution is -0.142. The van der Waals surface area contributed by atoms with E-state index >= 15 is 0 Å². The second-order valence-corrected chi connectivity index (χ2v) is 6.37. The monoisotopic (exact) mass is 429 g/mol. The molecule has 0 aromatic heterocycles. The molecule has 4 nitrogen and oxygen atoms in total. The Morgan fingerprint density at radius 2 is 1.65 bits per heavy atom. The number of amides is 1. The molecule has 0 aliphatic heterocycles. The van der Waals surface area contributed by atoms with Crippen LogP contribution in [0.1, 0.15) is 21.5 Å². The van der Waals surface area contributed by atoms with E-state index in [9.17, 15) is 22.8 Å². The number of hydrogen-bond donors (Lipinski definition) is 1. The lowest BCUT2D eigenvalue weighted by Gasteiger charge is -2.17. The maximum atomic E-state index is 12.6. The molecule has 2 aromatic carbocycles. The average Bonchev–Trinajstić information content (AvgIpc) is 2.61. The molecule has 0 bridgehead atoms. The first kappa shape index (κ1) is 20.0. The summed E-state index contributed by atoms with van der Waals surface area (Å²) in [5.41, 5.74) is -0.0486. The molecule has 0 spiro atoms. The first-order valence-electron chi connectivity index (χ1n) is 7.51. The van der Waals surface area contributed by atoms with Gasteiger partial charge in [-0.25, -0.2) is 4.79 Å². The number of carbonyl (C=O) groups is 2. The van der Waals surface area contributed by atoms with Crippen molar-refractivity contribution < 1.29 is 27.5 Å². The number of halogens is 4. The second kappa shape index (κ2) is 8.35. The van der Waals surface area contributed by atoms with E-state index in [2.05, 4.69) is 21.2 Å². The van der Waals surface area contributed by atoms with Gasteiger partial charge >= 0.3 is 12.1 Å². The lowest BCUT2D eigenvalue weighted by Crippen LogP contribution is -2.43. The number of ether oxygens (including phenoxy) is 1. The number of benzene rings is 2. The minimum absolute atomic E-state index is 0.0164. The third kappa shape index (κ3) is 5.32. The van der Waals surface area contributed by atoms with Crippen LogP contribution in [0.4, 0.5) is 13.2 Å². The zero-order valence-electron chi connectivity index (χ0n) is 13.6. The van der Waals surface area contributed by atoms with Crippen molar-refractivity contribution in [1.82, 2.24) is 5.32 Å². The Hall–Kier alpha value is -2.35. The third-order valence-corrected chi connectivity index (χ3v) is 4.15. The summed E-state index contributed by atoms with van der Waals surface area (Å²) >= 11 is 3.30. The van der Waals surface area contributed by atoms with Crippen LogP contribution in [-0.4, -0.2) is 25.0 Å². The highest BCUT2D eigenvalue weighted by molar-refractivity contribution is 9.10. The molecule has 26 heavy (non-hydrogen) atoms. The number of hydrogen-bond acceptors (Lipinski definition) is 3. The van der Waals surface area contributed by atoms with E-state index in [1.807, 2.05) is 0 Å². The molecular formula is C18H15BrF3NO3. The molecular weight excluding hydrogens is 415 g/mol. The number of rotatable bonds is 5. The molecule has 1 atom stereocenters. The van der Waals surface area contributed by atoms with Crippen LogP contribution in [0.3, 0.4) is 0 Å². The van der Waals surface area contributed by atoms with Gasteiger partial charge in [-0.15, -0.1) is 0 Å². The molecule has 0 radical (unpaired) electrons. The van der Waals surface area contributed by atoms with E-state index in [0.29, 0.717) is 0 Å². The van der Waals surface area contributed by atoms with E-state index in [1.165, 1.54) is 7.11 Å². The van der Waals surface area contributed by atoms with Crippen LogP contribution in [0.15, 0.2) is 53.0 Å². The van der Waals surface area contributed by atoms with Crippen molar-refractivity contribution in [1.29, 1.82) is 0 Å². The fourth-order valence-electron chi connectivity index (χ4n) is 2.24. The molecule has 0 saturated carbocycles. The van der Waals surface area contributed by atoms with Gasteiger partial charge in [-0.1, -0.05) is 28.1 Å². The topological polar surface area (TPSA) is 55.4 Å². The highest BCUT2D eigenvalue weighted by atomic mass is 79.9. The number of esters is 1. The highest BCUT2D eigenvalue weighted by Crippen LogP contribution is 2.29. The van der Waals surface area contributed by atoms with Crippen molar-refractivity contribution in [2.75, 3.05) is 7.11 Å². The van der Waals surface area contributed by atoms with E-state index in [-0.39, 0.29) is 12.0 Å². The fourth-order valence-corrected chi connectivity index (χ4v) is 2.51. The molecule has 0 aliphatic carbocycles. The van der Waals surface area contributed by atoms with Gasteiger partial charge in [0.15, 0.2) is 0 Å². The van der Waals surface area contributed by atoms with Gasteiger partial charge in [0.25, 0.3) is 5.91 Å². The number of methoxy groups -OCH3 is 1. The molecule has 138 valence electrons. The van der Waals surface area contributed by atoms with Gasteiger partial charge in [0.05, 0.1) is 12.7 Å². The average molecular weight is 430 g/mol. The van der Waals surface area contributed by atoms with Crippen LogP contribution in [-0.2, 0) is 22.1 Å². The minimum Gasteiger partial charge on any atom is -0.467 e. The Morgan fingerprint density at radius 1 is 1.08 bits per heavy atom. The van der Waals surface area contributed by atoms with Gasteiger partial charge in [0.1, 0.15) is 6.04 Å². The van der Waals surface area contributed by atoms with Gasteiger partial charge in [-0.2, -0.15) is 13.2 Å². The van der Waals surface area contributed by atoms with Gasteiger partial charge < -0.3 is 10.1 Å². The van der Waals surface area contributed by atoms with Crippen molar-refractivity contribution in [3.63, 3.8) is 0 Å². The summed E-state index contributed by atoms with van der Waals surface area (Å²) in [6.07, 6.45) is -4.29. The fraction of sp³-hybridized carbons (Fsp3) is 0.222. The Bertz CT molecular complexity index is 774. The summed E-state index contributed by atoms with van der Waals surface area (Å²) in [6.45, 7) is 0. The Kier molecular flexibility index (Phi) is 6.42. The summed E-state index contributed by atoms with van der Waals surface area (Å²) in [5, 5.41) is 2.50. The van der Waals surface area contributed by atoms with Crippen LogP contribution in [0.25, 0.3) is 0 Å². The largest absolute Gasteiger partial charge is 0.467 e. The molecule has 8 heteroatoms. The summed E-state index contributed by atoms with van der Waals surface area (Å²) in [7, 11) is 1.20. The molecule has 2 aromatic rings. The standard InChI is InChI=1S/C18H15BrF3NO3/c1-26-17(25)15(10-11-2-8-14(19)9-3-11)23-16(24)12-4-6-13(7-5-12)18(20,21)22/h2-9,15H,10H2,1H3,(H,23,24)/t15-/m1/s1. The van der Waals surface area contributed by atoms with Crippen LogP contribution in [0.2, 0.25) is 0 Å². The number of alkyl halides is 3. The van der Waals surface area contributed by atoms with Gasteiger partial charge in [0, 0.05) is 16.5 Å². The maximum absolute atomic E-state index is 12.6. The molecule has 2 rings (SSSR count). The van der Waals surface area contributed by atoms with Crippen LogP contribution in [0, 0.1) is 0 Å². The molecule has 1 N–H and O–H groups in total. The summed E-state index contributed by atoms with van der Waals surface area (Å²) in [6, 6.07) is 9.94. The van der Waals surface area contributed by atoms with Crippen LogP contribution < -0.4 is 5.32 Å². The first-order valence-corrected chi connectivity index (χ1v) is 8.30. The number of carbonyl (C=O) groups excluding carboxylic acids is 2. The Morgan fingerprint density at radius 3 is 2.15 bits per heavy atom. The SMILES string of the molecule is COC(=O)[C@@H](Cc1ccc(Br)cc1)NC(=O)c1ccc(C(F)(F)F)cc1. The van der Waals surface area contributed by atoms with E-state index in [4.69, 9.17) is 4.74 Å². The summed E-state index contributed by atoms with van der Waals surface area (Å²) < 4.78 is 43.3. The molecule has 0 fully saturated rings. The predicted octanol–water partition coefficient (Wildman–Crippen LogP) is 3.98. The quantitative estimate of drug-likeness (QED) is 0.731. The Balaban J connectivity index is 2.13. The molecule has 0 unspecified atom stereocenters. The van der Waals surface area contributed by atoms with Crippen molar-refractivity contribution >= 4 is 27.8 Å². The zero-order valence-corrected chi connectivity index (χ0v) is 15.2. The molecule has 0 aliphatic rings. The molecule has 0 saturated heterocycles. The third-order valence-electron chi connectivity index (χ3n) is 3.62. The lowest BCUT2D eigenvalue weighted by atomic mass is 10.0. The maximum Gasteiger partial charge on any atom is 0.416 e. The zero-order chi connectivity index (χ0) is 19.3. The Labute approximate surface area is 156 Å². The first-order chi connectivity index (χ1) is 12.2. The van der Waals surface area contributed by atoms with Crippen molar-refractivity contribution in [3.8, 4) is 0 Å². The second-order valence-electron chi connectivity index (χ2n) is 5.45. The highest BCUT2D eigenvalue weighted by Gasteiger charge is 2.30. The minimum atomic E-state index is -4.48. The van der Waals surface area contributed by atoms with Crippen molar-refractivity contribution in [2.45, 2.75) is 18.6 Å². The van der Waals surface area contributed by atoms with Gasteiger partial charge in [-0.05, 0) is 42.0 Å². The van der Waals surface area contributed by atoms with E-state index in [0.717, 1.165) is 34.3 Å². The predicted molar refractivity (Wildman–Crippen MR) is 92.6 cm³/mol. The van der Waals surface area contributed by atoms with Crippen LogP contribution in [0.5, 0.6) is 0 Å². The van der Waals surface area contributed by atoms with Crippen molar-refractivity contribution in [3.05, 3.63) is 69.7 Å². The van der Waals surface area contributed by atoms with Crippen molar-refractivity contribution in [2.24, 2.45) is 0 Å². The number of nitrogens with one attached hydrogen (secondary N) is 1. The van der Waals surface area contributed by atoms with Crippen LogP contribution >= 0.6 is 15.9 Å². The van der Waals surface area contributed by atoms with E-state index < -0.39 is 29.7 Å². The smallest absolute Gasteiger partial charge is 0.416 e. The van der Waals surface area contributed by atoms with E-state index in [1.54, 1.807) is 24.3 Å². The van der Waals surface area contributed by atoms with Gasteiger partial charge in [0.2, 0.25) is 0 Å². The summed E-state index contributed by atoms with van der Waals surface area (Å²) in [4.78, 5) is 24.2. The molecule has 0 heterocycles. The van der Waals surface area contributed by atoms with Gasteiger partial charge in [-0.3, -0.25) is 4.79 Å².